The fourth-order valence-electron chi connectivity index (χ4n) is 3.20. The van der Waals surface area contributed by atoms with Crippen LogP contribution < -0.4 is 15.5 Å². The molecule has 1 saturated carbocycles. The summed E-state index contributed by atoms with van der Waals surface area (Å²) in [5.74, 6) is 0.412. The second-order valence-electron chi connectivity index (χ2n) is 6.99. The Bertz CT molecular complexity index is 502. The van der Waals surface area contributed by atoms with Crippen molar-refractivity contribution in [2.24, 2.45) is 5.92 Å². The first-order valence-corrected chi connectivity index (χ1v) is 9.00. The number of nitrogens with zero attached hydrogens (tertiary/aromatic N) is 1. The van der Waals surface area contributed by atoms with Crippen molar-refractivity contribution in [3.05, 3.63) is 29.8 Å². The molecular formula is C19H31N3O2. The third kappa shape index (κ3) is 6.40. The fourth-order valence-corrected chi connectivity index (χ4v) is 3.20. The molecule has 0 radical (unpaired) electrons. The number of benzene rings is 1. The normalized spacial score (nSPS) is 20.5. The smallest absolute Gasteiger partial charge is 0.314 e. The van der Waals surface area contributed by atoms with Crippen molar-refractivity contribution in [1.29, 1.82) is 0 Å². The largest absolute Gasteiger partial charge is 0.393 e. The highest BCUT2D eigenvalue weighted by atomic mass is 16.3. The summed E-state index contributed by atoms with van der Waals surface area (Å²) in [6, 6.07) is 8.42. The van der Waals surface area contributed by atoms with Crippen molar-refractivity contribution < 1.29 is 9.90 Å². The summed E-state index contributed by atoms with van der Waals surface area (Å²) in [6.07, 6.45) is 5.57. The zero-order chi connectivity index (χ0) is 17.4. The number of aliphatic hydroxyl groups excluding tert-OH is 1. The van der Waals surface area contributed by atoms with Gasteiger partial charge in [0.15, 0.2) is 0 Å². The average Bonchev–Trinajstić information content (AvgIpc) is 2.57. The highest BCUT2D eigenvalue weighted by Gasteiger charge is 2.20. The van der Waals surface area contributed by atoms with Crippen LogP contribution in [0.4, 0.5) is 10.5 Å². The summed E-state index contributed by atoms with van der Waals surface area (Å²) in [4.78, 5) is 13.9. The lowest BCUT2D eigenvalue weighted by atomic mass is 9.87. The lowest BCUT2D eigenvalue weighted by Gasteiger charge is -2.25. The Morgan fingerprint density at radius 2 is 1.96 bits per heavy atom. The summed E-state index contributed by atoms with van der Waals surface area (Å²) in [5, 5.41) is 15.5. The quantitative estimate of drug-likeness (QED) is 0.672. The molecule has 1 aromatic carbocycles. The molecule has 0 heterocycles. The van der Waals surface area contributed by atoms with E-state index in [1.807, 2.05) is 14.1 Å². The monoisotopic (exact) mass is 333 g/mol. The van der Waals surface area contributed by atoms with Crippen LogP contribution in [0.3, 0.4) is 0 Å². The number of anilines is 1. The first-order chi connectivity index (χ1) is 11.5. The number of urea groups is 1. The Morgan fingerprint density at radius 1 is 1.21 bits per heavy atom. The molecule has 1 aromatic rings. The molecule has 5 heteroatoms. The van der Waals surface area contributed by atoms with Gasteiger partial charge in [-0.2, -0.15) is 0 Å². The number of hydrogen-bond donors (Lipinski definition) is 3. The van der Waals surface area contributed by atoms with Crippen LogP contribution in [0.2, 0.25) is 0 Å². The highest BCUT2D eigenvalue weighted by molar-refractivity contribution is 5.73. The van der Waals surface area contributed by atoms with Crippen molar-refractivity contribution in [2.45, 2.75) is 44.6 Å². The number of nitrogens with one attached hydrogen (secondary N) is 2. The van der Waals surface area contributed by atoms with Gasteiger partial charge in [0.2, 0.25) is 0 Å². The molecule has 0 aliphatic heterocycles. The van der Waals surface area contributed by atoms with Crippen LogP contribution >= 0.6 is 0 Å². The molecule has 0 aromatic heterocycles. The van der Waals surface area contributed by atoms with E-state index in [1.54, 1.807) is 0 Å². The third-order valence-corrected chi connectivity index (χ3v) is 4.69. The minimum absolute atomic E-state index is 0.0991. The van der Waals surface area contributed by atoms with Gasteiger partial charge in [0.1, 0.15) is 0 Å². The molecule has 0 saturated heterocycles. The van der Waals surface area contributed by atoms with E-state index in [0.717, 1.165) is 38.5 Å². The zero-order valence-corrected chi connectivity index (χ0v) is 14.9. The van der Waals surface area contributed by atoms with Gasteiger partial charge >= 0.3 is 6.03 Å². The van der Waals surface area contributed by atoms with E-state index in [-0.39, 0.29) is 12.1 Å². The van der Waals surface area contributed by atoms with Gasteiger partial charge < -0.3 is 20.6 Å². The van der Waals surface area contributed by atoms with Gasteiger partial charge in [-0.05, 0) is 55.7 Å². The van der Waals surface area contributed by atoms with Crippen molar-refractivity contribution >= 4 is 11.7 Å². The summed E-state index contributed by atoms with van der Waals surface area (Å²) in [7, 11) is 4.07. The molecule has 5 nitrogen and oxygen atoms in total. The second-order valence-corrected chi connectivity index (χ2v) is 6.99. The second kappa shape index (κ2) is 9.52. The van der Waals surface area contributed by atoms with Gasteiger partial charge in [0.25, 0.3) is 0 Å². The van der Waals surface area contributed by atoms with Crippen LogP contribution in [0, 0.1) is 5.92 Å². The minimum atomic E-state index is -0.188. The van der Waals surface area contributed by atoms with Crippen molar-refractivity contribution in [2.75, 3.05) is 32.1 Å². The Labute approximate surface area is 145 Å². The molecule has 2 unspecified atom stereocenters. The van der Waals surface area contributed by atoms with Crippen LogP contribution in [-0.2, 0) is 6.42 Å². The predicted molar refractivity (Wildman–Crippen MR) is 98.5 cm³/mol. The summed E-state index contributed by atoms with van der Waals surface area (Å²) >= 11 is 0. The fraction of sp³-hybridized carbons (Fsp3) is 0.632. The van der Waals surface area contributed by atoms with E-state index in [2.05, 4.69) is 39.8 Å². The molecule has 1 aliphatic rings. The molecule has 2 amide bonds. The van der Waals surface area contributed by atoms with E-state index >= 15 is 0 Å². The van der Waals surface area contributed by atoms with Gasteiger partial charge in [-0.1, -0.05) is 18.6 Å². The van der Waals surface area contributed by atoms with Gasteiger partial charge in [-0.3, -0.25) is 0 Å². The maximum Gasteiger partial charge on any atom is 0.314 e. The third-order valence-electron chi connectivity index (χ3n) is 4.69. The molecule has 1 fully saturated rings. The molecule has 3 N–H and O–H groups in total. The van der Waals surface area contributed by atoms with E-state index in [9.17, 15) is 9.90 Å². The van der Waals surface area contributed by atoms with Crippen molar-refractivity contribution in [3.8, 4) is 0 Å². The summed E-state index contributed by atoms with van der Waals surface area (Å²) < 4.78 is 0. The van der Waals surface area contributed by atoms with Crippen LogP contribution in [0.25, 0.3) is 0 Å². The van der Waals surface area contributed by atoms with Crippen molar-refractivity contribution in [1.82, 2.24) is 10.6 Å². The maximum absolute atomic E-state index is 11.8. The number of aryl methyl sites for hydroxylation is 1. The average molecular weight is 333 g/mol. The van der Waals surface area contributed by atoms with E-state index < -0.39 is 0 Å². The molecule has 134 valence electrons. The molecule has 24 heavy (non-hydrogen) atoms. The van der Waals surface area contributed by atoms with Crippen LogP contribution in [0.5, 0.6) is 0 Å². The van der Waals surface area contributed by atoms with Crippen molar-refractivity contribution in [3.63, 3.8) is 0 Å². The highest BCUT2D eigenvalue weighted by Crippen LogP contribution is 2.23. The van der Waals surface area contributed by atoms with E-state index in [0.29, 0.717) is 19.0 Å². The Balaban J connectivity index is 1.57. The number of carbonyl (C=O) groups excluding carboxylic acids is 1. The predicted octanol–water partition coefficient (Wildman–Crippen LogP) is 2.54. The molecule has 0 bridgehead atoms. The van der Waals surface area contributed by atoms with E-state index in [4.69, 9.17) is 0 Å². The number of aliphatic hydroxyl groups is 1. The summed E-state index contributed by atoms with van der Waals surface area (Å²) in [6.45, 7) is 1.34. The van der Waals surface area contributed by atoms with Gasteiger partial charge in [-0.15, -0.1) is 0 Å². The van der Waals surface area contributed by atoms with Gasteiger partial charge in [0.05, 0.1) is 6.10 Å². The molecular weight excluding hydrogens is 302 g/mol. The lowest BCUT2D eigenvalue weighted by molar-refractivity contribution is 0.101. The molecule has 2 atom stereocenters. The number of amides is 2. The minimum Gasteiger partial charge on any atom is -0.393 e. The standard InChI is InChI=1S/C19H31N3O2/c1-22(2)17-10-8-15(9-11-17)6-4-12-20-19(24)21-14-16-5-3-7-18(23)13-16/h8-11,16,18,23H,3-7,12-14H2,1-2H3,(H2,20,21,24). The molecule has 1 aliphatic carbocycles. The topological polar surface area (TPSA) is 64.6 Å². The first-order valence-electron chi connectivity index (χ1n) is 9.00. The SMILES string of the molecule is CN(C)c1ccc(CCCNC(=O)NCC2CCCC(O)C2)cc1. The number of hydrogen-bond acceptors (Lipinski definition) is 3. The molecule has 2 rings (SSSR count). The Hall–Kier alpha value is -1.75. The zero-order valence-electron chi connectivity index (χ0n) is 14.9. The Kier molecular flexibility index (Phi) is 7.37. The van der Waals surface area contributed by atoms with E-state index in [1.165, 1.54) is 11.3 Å². The number of carbonyl (C=O) groups is 1. The lowest BCUT2D eigenvalue weighted by Crippen LogP contribution is -2.40. The molecule has 0 spiro atoms. The number of rotatable bonds is 7. The maximum atomic E-state index is 11.8. The van der Waals surface area contributed by atoms with Crippen LogP contribution in [0.15, 0.2) is 24.3 Å². The van der Waals surface area contributed by atoms with Gasteiger partial charge in [-0.25, -0.2) is 4.79 Å². The summed E-state index contributed by atoms with van der Waals surface area (Å²) in [5.41, 5.74) is 2.49. The van der Waals surface area contributed by atoms with Crippen LogP contribution in [0.1, 0.15) is 37.7 Å². The van der Waals surface area contributed by atoms with Gasteiger partial charge in [0, 0.05) is 32.9 Å². The Morgan fingerprint density at radius 3 is 2.62 bits per heavy atom. The first kappa shape index (κ1) is 18.6. The van der Waals surface area contributed by atoms with Crippen LogP contribution in [-0.4, -0.2) is 44.4 Å².